The number of fused-ring (bicyclic) bond motifs is 1. The fourth-order valence-corrected chi connectivity index (χ4v) is 7.13. The number of thiophene rings is 1. The lowest BCUT2D eigenvalue weighted by molar-refractivity contribution is -0.114. The number of benzene rings is 2. The second-order valence-electron chi connectivity index (χ2n) is 8.82. The third-order valence-corrected chi connectivity index (χ3v) is 9.34. The number of sulfonamides is 1. The summed E-state index contributed by atoms with van der Waals surface area (Å²) in [6.45, 7) is 1.37. The maximum absolute atomic E-state index is 13.8. The van der Waals surface area contributed by atoms with Crippen molar-refractivity contribution in [3.63, 3.8) is 0 Å². The van der Waals surface area contributed by atoms with E-state index in [-0.39, 0.29) is 10.6 Å². The monoisotopic (exact) mass is 558 g/mol. The molecule has 1 N–H and O–H groups in total. The zero-order valence-electron chi connectivity index (χ0n) is 21.7. The predicted octanol–water partition coefficient (Wildman–Crippen LogP) is 4.57. The Kier molecular flexibility index (Phi) is 8.27. The number of amides is 1. The van der Waals surface area contributed by atoms with Gasteiger partial charge in [0.05, 0.1) is 37.5 Å². The highest BCUT2D eigenvalue weighted by Gasteiger charge is 2.31. The highest BCUT2D eigenvalue weighted by molar-refractivity contribution is 7.92. The quantitative estimate of drug-likeness (QED) is 0.383. The highest BCUT2D eigenvalue weighted by atomic mass is 32.2. The van der Waals surface area contributed by atoms with Crippen molar-refractivity contribution in [3.05, 3.63) is 64.0 Å². The number of rotatable bonds is 9. The van der Waals surface area contributed by atoms with E-state index in [2.05, 4.69) is 5.32 Å². The summed E-state index contributed by atoms with van der Waals surface area (Å²) in [4.78, 5) is 26.9. The summed E-state index contributed by atoms with van der Waals surface area (Å²) in [5.74, 6) is -0.483. The first-order chi connectivity index (χ1) is 18.2. The van der Waals surface area contributed by atoms with Gasteiger partial charge in [0, 0.05) is 10.9 Å². The molecule has 1 aliphatic carbocycles. The van der Waals surface area contributed by atoms with Gasteiger partial charge in [-0.1, -0.05) is 17.7 Å². The number of hydrogen-bond donors (Lipinski definition) is 1. The van der Waals surface area contributed by atoms with Crippen LogP contribution in [-0.2, 0) is 32.4 Å². The maximum Gasteiger partial charge on any atom is 0.341 e. The standard InChI is InChI=1S/C27H30N2O7S2/c1-17-9-11-18(12-10-17)29(38(32,33)19-13-14-21(34-2)22(15-19)35-3)16-24(30)28-26-25(27(31)36-4)20-7-5-6-8-23(20)37-26/h9-15H,5-8,16H2,1-4H3,(H,28,30). The lowest BCUT2D eigenvalue weighted by Gasteiger charge is -2.24. The van der Waals surface area contributed by atoms with Crippen LogP contribution in [0, 0.1) is 6.92 Å². The van der Waals surface area contributed by atoms with Gasteiger partial charge >= 0.3 is 5.97 Å². The fraction of sp³-hybridized carbons (Fsp3) is 0.333. The minimum absolute atomic E-state index is 0.0645. The molecule has 1 heterocycles. The van der Waals surface area contributed by atoms with Crippen molar-refractivity contribution in [1.82, 2.24) is 0 Å². The van der Waals surface area contributed by atoms with Crippen LogP contribution in [0.3, 0.4) is 0 Å². The predicted molar refractivity (Wildman–Crippen MR) is 146 cm³/mol. The zero-order chi connectivity index (χ0) is 27.4. The summed E-state index contributed by atoms with van der Waals surface area (Å²) in [5.41, 5.74) is 2.51. The van der Waals surface area contributed by atoms with Crippen LogP contribution in [0.25, 0.3) is 0 Å². The number of methoxy groups -OCH3 is 3. The highest BCUT2D eigenvalue weighted by Crippen LogP contribution is 2.39. The van der Waals surface area contributed by atoms with Crippen LogP contribution in [0.2, 0.25) is 0 Å². The Morgan fingerprint density at radius 2 is 1.66 bits per heavy atom. The number of anilines is 2. The summed E-state index contributed by atoms with van der Waals surface area (Å²) in [7, 11) is -0.0214. The van der Waals surface area contributed by atoms with Gasteiger partial charge in [-0.05, 0) is 62.4 Å². The van der Waals surface area contributed by atoms with Crippen molar-refractivity contribution in [2.45, 2.75) is 37.5 Å². The molecule has 0 spiro atoms. The van der Waals surface area contributed by atoms with Gasteiger partial charge in [0.1, 0.15) is 11.5 Å². The minimum Gasteiger partial charge on any atom is -0.493 e. The minimum atomic E-state index is -4.20. The van der Waals surface area contributed by atoms with Crippen molar-refractivity contribution in [3.8, 4) is 11.5 Å². The maximum atomic E-state index is 13.8. The summed E-state index contributed by atoms with van der Waals surface area (Å²) in [6, 6.07) is 11.1. The van der Waals surface area contributed by atoms with Gasteiger partial charge in [0.2, 0.25) is 5.91 Å². The van der Waals surface area contributed by atoms with Gasteiger partial charge in [-0.3, -0.25) is 9.10 Å². The van der Waals surface area contributed by atoms with Gasteiger partial charge in [-0.15, -0.1) is 11.3 Å². The van der Waals surface area contributed by atoms with E-state index in [4.69, 9.17) is 14.2 Å². The van der Waals surface area contributed by atoms with Crippen LogP contribution in [0.15, 0.2) is 47.4 Å². The number of ether oxygens (including phenoxy) is 3. The number of nitrogens with one attached hydrogen (secondary N) is 1. The van der Waals surface area contributed by atoms with E-state index in [0.717, 1.165) is 46.0 Å². The second-order valence-corrected chi connectivity index (χ2v) is 11.8. The molecule has 0 radical (unpaired) electrons. The van der Waals surface area contributed by atoms with Crippen molar-refractivity contribution in [2.24, 2.45) is 0 Å². The Balaban J connectivity index is 1.70. The topological polar surface area (TPSA) is 111 Å². The van der Waals surface area contributed by atoms with Gasteiger partial charge in [-0.2, -0.15) is 0 Å². The number of esters is 1. The lowest BCUT2D eigenvalue weighted by atomic mass is 9.95. The smallest absolute Gasteiger partial charge is 0.341 e. The van der Waals surface area contributed by atoms with E-state index in [9.17, 15) is 18.0 Å². The molecule has 0 unspecified atom stereocenters. The summed E-state index contributed by atoms with van der Waals surface area (Å²) in [5, 5.41) is 3.16. The Labute approximate surface area is 226 Å². The molecule has 0 aliphatic heterocycles. The summed E-state index contributed by atoms with van der Waals surface area (Å²) in [6.07, 6.45) is 3.51. The fourth-order valence-electron chi connectivity index (χ4n) is 4.40. The molecule has 0 saturated heterocycles. The average molecular weight is 559 g/mol. The van der Waals surface area contributed by atoms with Gasteiger partial charge in [-0.25, -0.2) is 13.2 Å². The van der Waals surface area contributed by atoms with Crippen LogP contribution in [0.5, 0.6) is 11.5 Å². The van der Waals surface area contributed by atoms with Crippen molar-refractivity contribution >= 4 is 43.9 Å². The molecule has 0 fully saturated rings. The number of aryl methyl sites for hydroxylation is 2. The third-order valence-electron chi connectivity index (χ3n) is 6.37. The molecule has 1 aliphatic rings. The molecule has 0 atom stereocenters. The molecule has 38 heavy (non-hydrogen) atoms. The molecule has 3 aromatic rings. The zero-order valence-corrected chi connectivity index (χ0v) is 23.3. The Morgan fingerprint density at radius 3 is 2.32 bits per heavy atom. The first-order valence-corrected chi connectivity index (χ1v) is 14.3. The van der Waals surface area contributed by atoms with E-state index >= 15 is 0 Å². The van der Waals surface area contributed by atoms with Crippen molar-refractivity contribution in [1.29, 1.82) is 0 Å². The molecule has 9 nitrogen and oxygen atoms in total. The van der Waals surface area contributed by atoms with Gasteiger partial charge in [0.25, 0.3) is 10.0 Å². The normalized spacial score (nSPS) is 12.8. The van der Waals surface area contributed by atoms with Crippen LogP contribution >= 0.6 is 11.3 Å². The Bertz CT molecular complexity index is 1450. The van der Waals surface area contributed by atoms with Crippen LogP contribution < -0.4 is 19.1 Å². The van der Waals surface area contributed by atoms with E-state index in [1.165, 1.54) is 50.9 Å². The Hall–Kier alpha value is -3.57. The molecule has 1 aromatic heterocycles. The molecule has 0 bridgehead atoms. The number of hydrogen-bond acceptors (Lipinski definition) is 8. The molecule has 4 rings (SSSR count). The van der Waals surface area contributed by atoms with Crippen LogP contribution in [-0.4, -0.2) is 48.2 Å². The molecular weight excluding hydrogens is 528 g/mol. The van der Waals surface area contributed by atoms with Gasteiger partial charge < -0.3 is 19.5 Å². The summed E-state index contributed by atoms with van der Waals surface area (Å²) >= 11 is 1.34. The van der Waals surface area contributed by atoms with Gasteiger partial charge in [0.15, 0.2) is 11.5 Å². The Morgan fingerprint density at radius 1 is 0.974 bits per heavy atom. The van der Waals surface area contributed by atoms with Crippen molar-refractivity contribution in [2.75, 3.05) is 37.5 Å². The van der Waals surface area contributed by atoms with E-state index in [1.807, 2.05) is 6.92 Å². The SMILES string of the molecule is COC(=O)c1c(NC(=O)CN(c2ccc(C)cc2)S(=O)(=O)c2ccc(OC)c(OC)c2)sc2c1CCCC2. The molecule has 202 valence electrons. The second kappa shape index (κ2) is 11.4. The number of carbonyl (C=O) groups is 2. The first-order valence-electron chi connectivity index (χ1n) is 12.0. The molecule has 1 amide bonds. The number of carbonyl (C=O) groups excluding carboxylic acids is 2. The third kappa shape index (κ3) is 5.48. The molecular formula is C27H30N2O7S2. The first kappa shape index (κ1) is 27.5. The number of nitrogens with zero attached hydrogens (tertiary/aromatic N) is 1. The average Bonchev–Trinajstić information content (AvgIpc) is 3.28. The molecule has 2 aromatic carbocycles. The van der Waals surface area contributed by atoms with E-state index in [1.54, 1.807) is 24.3 Å². The molecule has 11 heteroatoms. The summed E-state index contributed by atoms with van der Waals surface area (Å²) < 4.78 is 44.2. The van der Waals surface area contributed by atoms with E-state index in [0.29, 0.717) is 22.0 Å². The van der Waals surface area contributed by atoms with Crippen molar-refractivity contribution < 1.29 is 32.2 Å². The molecule has 0 saturated carbocycles. The van der Waals surface area contributed by atoms with Crippen LogP contribution in [0.4, 0.5) is 10.7 Å². The largest absolute Gasteiger partial charge is 0.493 e. The van der Waals surface area contributed by atoms with E-state index < -0.39 is 28.4 Å². The van der Waals surface area contributed by atoms with Crippen LogP contribution in [0.1, 0.15) is 39.2 Å². The lowest BCUT2D eigenvalue weighted by Crippen LogP contribution is -2.38.